The maximum absolute atomic E-state index is 13.7. The first-order valence-electron chi connectivity index (χ1n) is 14.6. The molecule has 1 saturated carbocycles. The number of halogens is 1. The van der Waals surface area contributed by atoms with Crippen LogP contribution in [-0.2, 0) is 25.8 Å². The maximum atomic E-state index is 13.7. The van der Waals surface area contributed by atoms with Crippen LogP contribution in [0.2, 0.25) is 5.02 Å². The summed E-state index contributed by atoms with van der Waals surface area (Å²) in [5.74, 6) is -1.29. The number of carbonyl (C=O) groups is 3. The molecule has 4 aliphatic rings. The second-order valence-corrected chi connectivity index (χ2v) is 12.0. The smallest absolute Gasteiger partial charge is 0.261 e. The molecule has 2 aromatic rings. The summed E-state index contributed by atoms with van der Waals surface area (Å²) in [6, 6.07) is 17.2. The summed E-state index contributed by atoms with van der Waals surface area (Å²) in [7, 11) is 0. The topological polar surface area (TPSA) is 82.2 Å². The normalized spacial score (nSPS) is 26.8. The van der Waals surface area contributed by atoms with E-state index in [0.717, 1.165) is 70.1 Å². The summed E-state index contributed by atoms with van der Waals surface area (Å²) in [5.41, 5.74) is 2.10. The molecule has 3 unspecified atom stereocenters. The Balaban J connectivity index is 1.11. The van der Waals surface area contributed by atoms with Crippen molar-refractivity contribution in [2.24, 2.45) is 5.92 Å². The maximum Gasteiger partial charge on any atom is 0.261 e. The number of piperidine rings is 1. The lowest BCUT2D eigenvalue weighted by molar-refractivity contribution is -0.184. The van der Waals surface area contributed by atoms with E-state index in [2.05, 4.69) is 34.5 Å². The van der Waals surface area contributed by atoms with Gasteiger partial charge >= 0.3 is 0 Å². The Morgan fingerprint density at radius 2 is 1.60 bits per heavy atom. The van der Waals surface area contributed by atoms with Crippen LogP contribution >= 0.6 is 11.6 Å². The molecule has 3 aliphatic heterocycles. The Labute approximate surface area is 240 Å². The molecule has 3 atom stereocenters. The Morgan fingerprint density at radius 3 is 2.30 bits per heavy atom. The first-order valence-corrected chi connectivity index (χ1v) is 15.0. The van der Waals surface area contributed by atoms with E-state index in [1.165, 1.54) is 10.5 Å². The Bertz CT molecular complexity index is 1210. The molecular weight excluding hydrogens is 528 g/mol. The summed E-state index contributed by atoms with van der Waals surface area (Å²) in [6.07, 6.45) is 5.73. The highest BCUT2D eigenvalue weighted by Gasteiger charge is 2.60. The average Bonchev–Trinajstić information content (AvgIpc) is 3.45. The summed E-state index contributed by atoms with van der Waals surface area (Å²) >= 11 is 6.15. The molecule has 8 nitrogen and oxygen atoms in total. The number of hydrogen-bond donors (Lipinski definition) is 1. The van der Waals surface area contributed by atoms with E-state index in [4.69, 9.17) is 16.4 Å². The molecule has 0 aromatic heterocycles. The van der Waals surface area contributed by atoms with Crippen molar-refractivity contribution in [3.05, 3.63) is 70.7 Å². The van der Waals surface area contributed by atoms with Crippen molar-refractivity contribution >= 4 is 29.3 Å². The fourth-order valence-corrected chi connectivity index (χ4v) is 6.98. The number of imide groups is 1. The SMILES string of the molecule is O=C(CN1OC2C(=O)N(C3CCCCC3)C(=O)C2C1c1ccc(Cl)cc1)NC1CCN(Cc2ccccc2)CC1. The number of rotatable bonds is 7. The van der Waals surface area contributed by atoms with Crippen LogP contribution in [0, 0.1) is 5.92 Å². The molecule has 3 heterocycles. The highest BCUT2D eigenvalue weighted by molar-refractivity contribution is 6.30. The number of benzene rings is 2. The molecule has 3 saturated heterocycles. The van der Waals surface area contributed by atoms with Crippen LogP contribution in [0.3, 0.4) is 0 Å². The number of nitrogens with one attached hydrogen (secondary N) is 1. The molecule has 0 radical (unpaired) electrons. The summed E-state index contributed by atoms with van der Waals surface area (Å²) < 4.78 is 0. The number of hydroxylamine groups is 2. The number of amides is 3. The molecule has 1 N–H and O–H groups in total. The van der Waals surface area contributed by atoms with Gasteiger partial charge in [-0.25, -0.2) is 0 Å². The second-order valence-electron chi connectivity index (χ2n) is 11.6. The highest BCUT2D eigenvalue weighted by atomic mass is 35.5. The number of fused-ring (bicyclic) bond motifs is 1. The quantitative estimate of drug-likeness (QED) is 0.510. The van der Waals surface area contributed by atoms with Gasteiger partial charge in [0.15, 0.2) is 6.10 Å². The third kappa shape index (κ3) is 5.68. The minimum atomic E-state index is -0.899. The van der Waals surface area contributed by atoms with Crippen molar-refractivity contribution in [2.75, 3.05) is 19.6 Å². The lowest BCUT2D eigenvalue weighted by atomic mass is 9.90. The van der Waals surface area contributed by atoms with Crippen LogP contribution in [0.25, 0.3) is 0 Å². The first kappa shape index (κ1) is 27.4. The van der Waals surface area contributed by atoms with Gasteiger partial charge in [0, 0.05) is 36.7 Å². The monoisotopic (exact) mass is 564 g/mol. The molecule has 1 aliphatic carbocycles. The molecule has 4 fully saturated rings. The average molecular weight is 565 g/mol. The summed E-state index contributed by atoms with van der Waals surface area (Å²) in [6.45, 7) is 2.69. The van der Waals surface area contributed by atoms with Crippen LogP contribution in [0.4, 0.5) is 0 Å². The highest BCUT2D eigenvalue weighted by Crippen LogP contribution is 2.46. The minimum Gasteiger partial charge on any atom is -0.352 e. The van der Waals surface area contributed by atoms with E-state index in [-0.39, 0.29) is 36.3 Å². The molecule has 3 amide bonds. The zero-order chi connectivity index (χ0) is 27.6. The van der Waals surface area contributed by atoms with Crippen molar-refractivity contribution in [3.63, 3.8) is 0 Å². The zero-order valence-electron chi connectivity index (χ0n) is 22.7. The number of hydrogen-bond acceptors (Lipinski definition) is 6. The summed E-state index contributed by atoms with van der Waals surface area (Å²) in [4.78, 5) is 50.4. The molecule has 9 heteroatoms. The van der Waals surface area contributed by atoms with Gasteiger partial charge in [-0.1, -0.05) is 73.3 Å². The Kier molecular flexibility index (Phi) is 8.21. The van der Waals surface area contributed by atoms with Crippen LogP contribution < -0.4 is 5.32 Å². The fraction of sp³-hybridized carbons (Fsp3) is 0.516. The molecule has 40 heavy (non-hydrogen) atoms. The van der Waals surface area contributed by atoms with Crippen molar-refractivity contribution in [1.82, 2.24) is 20.2 Å². The first-order chi connectivity index (χ1) is 19.5. The van der Waals surface area contributed by atoms with Gasteiger partial charge in [0.05, 0.1) is 12.0 Å². The lowest BCUT2D eigenvalue weighted by Gasteiger charge is -2.34. The van der Waals surface area contributed by atoms with Gasteiger partial charge in [-0.05, 0) is 48.9 Å². The van der Waals surface area contributed by atoms with E-state index in [1.54, 1.807) is 17.2 Å². The van der Waals surface area contributed by atoms with E-state index in [0.29, 0.717) is 5.02 Å². The Morgan fingerprint density at radius 1 is 0.900 bits per heavy atom. The van der Waals surface area contributed by atoms with Gasteiger partial charge in [0.2, 0.25) is 11.8 Å². The van der Waals surface area contributed by atoms with Gasteiger partial charge in [-0.3, -0.25) is 29.0 Å². The predicted octanol–water partition coefficient (Wildman–Crippen LogP) is 4.10. The van der Waals surface area contributed by atoms with Crippen molar-refractivity contribution in [1.29, 1.82) is 0 Å². The van der Waals surface area contributed by atoms with Gasteiger partial charge in [0.1, 0.15) is 6.54 Å². The molecule has 0 spiro atoms. The largest absolute Gasteiger partial charge is 0.352 e. The van der Waals surface area contributed by atoms with Gasteiger partial charge in [-0.2, -0.15) is 5.06 Å². The van der Waals surface area contributed by atoms with Crippen molar-refractivity contribution in [2.45, 2.75) is 75.7 Å². The molecule has 2 aromatic carbocycles. The number of carbonyl (C=O) groups excluding carboxylic acids is 3. The minimum absolute atomic E-state index is 0.0471. The molecular formula is C31H37ClN4O4. The van der Waals surface area contributed by atoms with Gasteiger partial charge in [0.25, 0.3) is 5.91 Å². The molecule has 212 valence electrons. The van der Waals surface area contributed by atoms with Crippen molar-refractivity contribution in [3.8, 4) is 0 Å². The van der Waals surface area contributed by atoms with Gasteiger partial charge in [-0.15, -0.1) is 0 Å². The molecule has 6 rings (SSSR count). The van der Waals surface area contributed by atoms with Crippen LogP contribution in [0.5, 0.6) is 0 Å². The Hall–Kier alpha value is -2.78. The van der Waals surface area contributed by atoms with Crippen LogP contribution in [0.1, 0.15) is 62.1 Å². The predicted molar refractivity (Wildman–Crippen MR) is 151 cm³/mol. The van der Waals surface area contributed by atoms with Crippen LogP contribution in [-0.4, -0.2) is 70.4 Å². The molecule has 0 bridgehead atoms. The third-order valence-electron chi connectivity index (χ3n) is 8.88. The standard InChI is InChI=1S/C31H37ClN4O4/c32-23-13-11-22(12-14-23)28-27-29(31(39)36(30(27)38)25-9-5-2-6-10-25)40-35(28)20-26(37)33-24-15-17-34(18-16-24)19-21-7-3-1-4-8-21/h1,3-4,7-8,11-14,24-25,27-29H,2,5-6,9-10,15-20H2,(H,33,37). The fourth-order valence-electron chi connectivity index (χ4n) is 6.85. The zero-order valence-corrected chi connectivity index (χ0v) is 23.5. The van der Waals surface area contributed by atoms with E-state index in [9.17, 15) is 14.4 Å². The number of likely N-dealkylation sites (tertiary alicyclic amines) is 2. The van der Waals surface area contributed by atoms with E-state index < -0.39 is 18.1 Å². The second kappa shape index (κ2) is 12.0. The third-order valence-corrected chi connectivity index (χ3v) is 9.13. The van der Waals surface area contributed by atoms with E-state index in [1.807, 2.05) is 18.2 Å². The van der Waals surface area contributed by atoms with Crippen LogP contribution in [0.15, 0.2) is 54.6 Å². The van der Waals surface area contributed by atoms with Crippen molar-refractivity contribution < 1.29 is 19.2 Å². The number of nitrogens with zero attached hydrogens (tertiary/aromatic N) is 3. The van der Waals surface area contributed by atoms with Gasteiger partial charge < -0.3 is 5.32 Å². The summed E-state index contributed by atoms with van der Waals surface area (Å²) in [5, 5.41) is 5.30. The lowest BCUT2D eigenvalue weighted by Crippen LogP contribution is -2.48. The van der Waals surface area contributed by atoms with E-state index >= 15 is 0 Å².